The van der Waals surface area contributed by atoms with Crippen molar-refractivity contribution in [2.75, 3.05) is 26.7 Å². The van der Waals surface area contributed by atoms with Gasteiger partial charge in [0.25, 0.3) is 0 Å². The minimum absolute atomic E-state index is 0.0545. The van der Waals surface area contributed by atoms with Crippen molar-refractivity contribution in [2.24, 2.45) is 0 Å². The zero-order valence-electron chi connectivity index (χ0n) is 18.4. The van der Waals surface area contributed by atoms with Crippen LogP contribution in [0.3, 0.4) is 0 Å². The van der Waals surface area contributed by atoms with E-state index < -0.39 is 10.0 Å². The molecule has 1 amide bonds. The minimum atomic E-state index is -3.42. The number of carbonyl (C=O) groups is 1. The maximum atomic E-state index is 12.7. The summed E-state index contributed by atoms with van der Waals surface area (Å²) in [5.41, 5.74) is 2.01. The predicted octanol–water partition coefficient (Wildman–Crippen LogP) is 3.85. The van der Waals surface area contributed by atoms with Crippen LogP contribution in [-0.2, 0) is 27.8 Å². The number of nitrogens with zero attached hydrogens (tertiary/aromatic N) is 2. The lowest BCUT2D eigenvalue weighted by molar-refractivity contribution is -0.130. The highest BCUT2D eigenvalue weighted by molar-refractivity contribution is 7.89. The summed E-state index contributed by atoms with van der Waals surface area (Å²) in [6.07, 6.45) is 3.89. The van der Waals surface area contributed by atoms with Crippen molar-refractivity contribution in [3.8, 4) is 5.75 Å². The summed E-state index contributed by atoms with van der Waals surface area (Å²) in [6.45, 7) is 4.31. The molecular formula is C24H32N2O4S. The van der Waals surface area contributed by atoms with Gasteiger partial charge in [-0.3, -0.25) is 4.79 Å². The van der Waals surface area contributed by atoms with Crippen LogP contribution in [0, 0.1) is 0 Å². The van der Waals surface area contributed by atoms with Crippen LogP contribution in [0.25, 0.3) is 0 Å². The fourth-order valence-electron chi connectivity index (χ4n) is 3.74. The van der Waals surface area contributed by atoms with Crippen LogP contribution < -0.4 is 4.74 Å². The average molecular weight is 445 g/mol. The third-order valence-electron chi connectivity index (χ3n) is 5.58. The molecule has 3 rings (SSSR count). The summed E-state index contributed by atoms with van der Waals surface area (Å²) in [5, 5.41) is 0. The van der Waals surface area contributed by atoms with Crippen LogP contribution in [0.5, 0.6) is 5.75 Å². The van der Waals surface area contributed by atoms with Crippen molar-refractivity contribution >= 4 is 15.9 Å². The Morgan fingerprint density at radius 2 is 1.58 bits per heavy atom. The smallest absolute Gasteiger partial charge is 0.243 e. The monoisotopic (exact) mass is 444 g/mol. The Hall–Kier alpha value is -2.38. The van der Waals surface area contributed by atoms with Gasteiger partial charge in [0, 0.05) is 33.1 Å². The first kappa shape index (κ1) is 23.3. The molecule has 0 unspecified atom stereocenters. The highest BCUT2D eigenvalue weighted by Gasteiger charge is 2.25. The number of carbonyl (C=O) groups excluding carboxylic acids is 1. The SMILES string of the molecule is CCOc1ccc(CN(C)C(=O)CCc2ccc(S(=O)(=O)N3CCCCC3)cc2)cc1. The van der Waals surface area contributed by atoms with E-state index in [1.807, 2.05) is 43.3 Å². The molecule has 1 fully saturated rings. The minimum Gasteiger partial charge on any atom is -0.494 e. The lowest BCUT2D eigenvalue weighted by Crippen LogP contribution is -2.35. The van der Waals surface area contributed by atoms with Crippen molar-refractivity contribution in [1.29, 1.82) is 0 Å². The topological polar surface area (TPSA) is 66.9 Å². The van der Waals surface area contributed by atoms with Gasteiger partial charge in [0.15, 0.2) is 0 Å². The summed E-state index contributed by atoms with van der Waals surface area (Å²) in [4.78, 5) is 14.6. The van der Waals surface area contributed by atoms with E-state index in [9.17, 15) is 13.2 Å². The molecule has 0 spiro atoms. The number of rotatable bonds is 9. The molecule has 1 aliphatic rings. The van der Waals surface area contributed by atoms with E-state index in [0.29, 0.717) is 44.0 Å². The lowest BCUT2D eigenvalue weighted by Gasteiger charge is -2.25. The summed E-state index contributed by atoms with van der Waals surface area (Å²) in [5.74, 6) is 0.880. The van der Waals surface area contributed by atoms with Gasteiger partial charge >= 0.3 is 0 Å². The second-order valence-electron chi connectivity index (χ2n) is 7.94. The molecule has 2 aromatic carbocycles. The Labute approximate surface area is 185 Å². The number of benzene rings is 2. The van der Waals surface area contributed by atoms with Gasteiger partial charge < -0.3 is 9.64 Å². The molecule has 168 valence electrons. The van der Waals surface area contributed by atoms with E-state index >= 15 is 0 Å². The van der Waals surface area contributed by atoms with Crippen LogP contribution in [-0.4, -0.2) is 50.3 Å². The Morgan fingerprint density at radius 1 is 0.968 bits per heavy atom. The van der Waals surface area contributed by atoms with Gasteiger partial charge in [-0.05, 0) is 61.6 Å². The Kier molecular flexibility index (Phi) is 8.09. The number of sulfonamides is 1. The summed E-state index contributed by atoms with van der Waals surface area (Å²) >= 11 is 0. The fourth-order valence-corrected chi connectivity index (χ4v) is 5.26. The zero-order chi connectivity index (χ0) is 22.3. The molecule has 1 saturated heterocycles. The quantitative estimate of drug-likeness (QED) is 0.589. The molecule has 31 heavy (non-hydrogen) atoms. The first-order valence-corrected chi connectivity index (χ1v) is 12.4. The van der Waals surface area contributed by atoms with Crippen LogP contribution in [0.4, 0.5) is 0 Å². The van der Waals surface area contributed by atoms with Crippen LogP contribution in [0.1, 0.15) is 43.7 Å². The zero-order valence-corrected chi connectivity index (χ0v) is 19.2. The van der Waals surface area contributed by atoms with Crippen molar-refractivity contribution in [3.63, 3.8) is 0 Å². The van der Waals surface area contributed by atoms with E-state index in [2.05, 4.69) is 0 Å². The Balaban J connectivity index is 1.51. The fraction of sp³-hybridized carbons (Fsp3) is 0.458. The van der Waals surface area contributed by atoms with E-state index in [1.165, 1.54) is 0 Å². The molecule has 0 aliphatic carbocycles. The molecule has 0 bridgehead atoms. The third kappa shape index (κ3) is 6.31. The van der Waals surface area contributed by atoms with E-state index in [-0.39, 0.29) is 5.91 Å². The van der Waals surface area contributed by atoms with Crippen molar-refractivity contribution < 1.29 is 17.9 Å². The van der Waals surface area contributed by atoms with Crippen molar-refractivity contribution in [3.05, 3.63) is 59.7 Å². The first-order chi connectivity index (χ1) is 14.9. The van der Waals surface area contributed by atoms with Crippen LogP contribution in [0.15, 0.2) is 53.4 Å². The van der Waals surface area contributed by atoms with Gasteiger partial charge in [0.05, 0.1) is 11.5 Å². The van der Waals surface area contributed by atoms with E-state index in [0.717, 1.165) is 36.1 Å². The molecule has 0 aromatic heterocycles. The third-order valence-corrected chi connectivity index (χ3v) is 7.50. The van der Waals surface area contributed by atoms with Gasteiger partial charge in [-0.15, -0.1) is 0 Å². The van der Waals surface area contributed by atoms with Gasteiger partial charge in [-0.2, -0.15) is 4.31 Å². The van der Waals surface area contributed by atoms with E-state index in [1.54, 1.807) is 28.4 Å². The maximum absolute atomic E-state index is 12.7. The molecular weight excluding hydrogens is 412 g/mol. The van der Waals surface area contributed by atoms with E-state index in [4.69, 9.17) is 4.74 Å². The van der Waals surface area contributed by atoms with Gasteiger partial charge in [-0.25, -0.2) is 8.42 Å². The second-order valence-corrected chi connectivity index (χ2v) is 9.87. The molecule has 0 N–H and O–H groups in total. The molecule has 1 heterocycles. The molecule has 2 aromatic rings. The first-order valence-electron chi connectivity index (χ1n) is 10.9. The number of piperidine rings is 1. The Bertz CT molecular complexity index is 950. The molecule has 0 saturated carbocycles. The molecule has 6 nitrogen and oxygen atoms in total. The van der Waals surface area contributed by atoms with Gasteiger partial charge in [0.2, 0.25) is 15.9 Å². The summed E-state index contributed by atoms with van der Waals surface area (Å²) in [7, 11) is -1.62. The largest absolute Gasteiger partial charge is 0.494 e. The van der Waals surface area contributed by atoms with Crippen molar-refractivity contribution in [2.45, 2.75) is 50.5 Å². The number of ether oxygens (including phenoxy) is 1. The van der Waals surface area contributed by atoms with Crippen LogP contribution in [0.2, 0.25) is 0 Å². The second kappa shape index (κ2) is 10.8. The molecule has 7 heteroatoms. The normalized spacial score (nSPS) is 14.9. The van der Waals surface area contributed by atoms with Crippen molar-refractivity contribution in [1.82, 2.24) is 9.21 Å². The van der Waals surface area contributed by atoms with Gasteiger partial charge in [0.1, 0.15) is 5.75 Å². The summed E-state index contributed by atoms with van der Waals surface area (Å²) < 4.78 is 32.5. The predicted molar refractivity (Wildman–Crippen MR) is 121 cm³/mol. The molecule has 0 atom stereocenters. The molecule has 1 aliphatic heterocycles. The molecule has 0 radical (unpaired) electrons. The number of aryl methyl sites for hydroxylation is 1. The lowest BCUT2D eigenvalue weighted by atomic mass is 10.1. The highest BCUT2D eigenvalue weighted by Crippen LogP contribution is 2.21. The summed E-state index contributed by atoms with van der Waals surface area (Å²) in [6, 6.07) is 14.7. The standard InChI is InChI=1S/C24H32N2O4S/c1-3-30-22-12-7-21(8-13-22)19-25(2)24(27)16-11-20-9-14-23(15-10-20)31(28,29)26-17-5-4-6-18-26/h7-10,12-15H,3-6,11,16-19H2,1-2H3. The number of hydrogen-bond donors (Lipinski definition) is 0. The van der Waals surface area contributed by atoms with Crippen LogP contribution >= 0.6 is 0 Å². The average Bonchev–Trinajstić information content (AvgIpc) is 2.79. The number of hydrogen-bond acceptors (Lipinski definition) is 4. The Morgan fingerprint density at radius 3 is 2.19 bits per heavy atom. The highest BCUT2D eigenvalue weighted by atomic mass is 32.2. The van der Waals surface area contributed by atoms with Gasteiger partial charge in [-0.1, -0.05) is 30.7 Å². The number of amides is 1. The maximum Gasteiger partial charge on any atom is 0.243 e.